The van der Waals surface area contributed by atoms with Crippen LogP contribution in [0, 0.1) is 0 Å². The van der Waals surface area contributed by atoms with E-state index in [2.05, 4.69) is 42.7 Å². The average molecular weight is 243 g/mol. The highest BCUT2D eigenvalue weighted by molar-refractivity contribution is 5.41. The van der Waals surface area contributed by atoms with Crippen LogP contribution in [0.2, 0.25) is 0 Å². The van der Waals surface area contributed by atoms with Crippen LogP contribution in [0.1, 0.15) is 37.4 Å². The molecule has 18 heavy (non-hydrogen) atoms. The van der Waals surface area contributed by atoms with Gasteiger partial charge in [-0.05, 0) is 18.9 Å². The summed E-state index contributed by atoms with van der Waals surface area (Å²) >= 11 is 0. The van der Waals surface area contributed by atoms with Gasteiger partial charge in [0.25, 0.3) is 0 Å². The van der Waals surface area contributed by atoms with Crippen molar-refractivity contribution in [2.75, 3.05) is 5.73 Å². The number of aryl methyl sites for hydroxylation is 1. The number of hydrogen-bond acceptors (Lipinski definition) is 2. The minimum absolute atomic E-state index is 0.816. The Morgan fingerprint density at radius 3 is 2.50 bits per heavy atom. The summed E-state index contributed by atoms with van der Waals surface area (Å²) in [4.78, 5) is 4.70. The third-order valence-corrected chi connectivity index (χ3v) is 3.17. The van der Waals surface area contributed by atoms with E-state index in [1.165, 1.54) is 5.56 Å². The Morgan fingerprint density at radius 1 is 1.17 bits per heavy atom. The molecule has 0 radical (unpaired) electrons. The minimum Gasteiger partial charge on any atom is -0.384 e. The van der Waals surface area contributed by atoms with Crippen LogP contribution >= 0.6 is 0 Å². The van der Waals surface area contributed by atoms with Crippen molar-refractivity contribution in [3.05, 3.63) is 47.4 Å². The maximum absolute atomic E-state index is 6.19. The smallest absolute Gasteiger partial charge is 0.127 e. The van der Waals surface area contributed by atoms with Gasteiger partial charge >= 0.3 is 0 Å². The molecule has 0 aliphatic rings. The third-order valence-electron chi connectivity index (χ3n) is 3.17. The third kappa shape index (κ3) is 2.55. The molecule has 96 valence electrons. The molecule has 2 N–H and O–H groups in total. The molecule has 1 heterocycles. The lowest BCUT2D eigenvalue weighted by atomic mass is 10.1. The van der Waals surface area contributed by atoms with Crippen molar-refractivity contribution < 1.29 is 0 Å². The van der Waals surface area contributed by atoms with Crippen molar-refractivity contribution in [2.45, 2.75) is 39.7 Å². The van der Waals surface area contributed by atoms with Crippen molar-refractivity contribution in [3.8, 4) is 0 Å². The first-order chi connectivity index (χ1) is 8.76. The first-order valence-electron chi connectivity index (χ1n) is 6.63. The lowest BCUT2D eigenvalue weighted by Gasteiger charge is -2.05. The second-order valence-electron chi connectivity index (χ2n) is 4.52. The Kier molecular flexibility index (Phi) is 4.03. The van der Waals surface area contributed by atoms with Gasteiger partial charge in [0.1, 0.15) is 11.6 Å². The summed E-state index contributed by atoms with van der Waals surface area (Å²) in [6.45, 7) is 5.17. The molecule has 1 aromatic carbocycles. The predicted molar refractivity (Wildman–Crippen MR) is 75.6 cm³/mol. The van der Waals surface area contributed by atoms with Gasteiger partial charge in [0, 0.05) is 19.4 Å². The van der Waals surface area contributed by atoms with E-state index in [0.29, 0.717) is 0 Å². The van der Waals surface area contributed by atoms with Crippen LogP contribution in [0.3, 0.4) is 0 Å². The van der Waals surface area contributed by atoms with E-state index in [9.17, 15) is 0 Å². The molecular formula is C15H21N3. The summed E-state index contributed by atoms with van der Waals surface area (Å²) in [7, 11) is 0. The highest BCUT2D eigenvalue weighted by atomic mass is 15.1. The van der Waals surface area contributed by atoms with E-state index in [0.717, 1.165) is 43.1 Å². The van der Waals surface area contributed by atoms with Crippen LogP contribution in [-0.2, 0) is 19.4 Å². The van der Waals surface area contributed by atoms with E-state index in [-0.39, 0.29) is 0 Å². The Morgan fingerprint density at radius 2 is 1.89 bits per heavy atom. The molecule has 3 nitrogen and oxygen atoms in total. The molecule has 3 heteroatoms. The number of aromatic nitrogens is 2. The van der Waals surface area contributed by atoms with Gasteiger partial charge in [-0.2, -0.15) is 0 Å². The summed E-state index contributed by atoms with van der Waals surface area (Å²) in [5.41, 5.74) is 8.46. The van der Waals surface area contributed by atoms with Gasteiger partial charge in [-0.25, -0.2) is 4.98 Å². The van der Waals surface area contributed by atoms with Crippen LogP contribution in [0.4, 0.5) is 5.82 Å². The zero-order valence-corrected chi connectivity index (χ0v) is 11.2. The van der Waals surface area contributed by atoms with Gasteiger partial charge < -0.3 is 10.3 Å². The molecule has 0 aliphatic heterocycles. The van der Waals surface area contributed by atoms with E-state index < -0.39 is 0 Å². The standard InChI is InChI=1S/C15H21N3/c1-3-8-14-17-13(15(16)18(14)4-2)11-12-9-6-5-7-10-12/h5-7,9-10H,3-4,8,11,16H2,1-2H3. The largest absolute Gasteiger partial charge is 0.384 e. The molecule has 0 unspecified atom stereocenters. The molecule has 0 aliphatic carbocycles. The van der Waals surface area contributed by atoms with E-state index in [1.807, 2.05) is 6.07 Å². The lowest BCUT2D eigenvalue weighted by molar-refractivity contribution is 0.690. The molecule has 0 spiro atoms. The van der Waals surface area contributed by atoms with E-state index in [4.69, 9.17) is 10.7 Å². The summed E-state index contributed by atoms with van der Waals surface area (Å²) in [5.74, 6) is 1.94. The molecule has 2 aromatic rings. The van der Waals surface area contributed by atoms with E-state index in [1.54, 1.807) is 0 Å². The Hall–Kier alpha value is -1.77. The zero-order valence-electron chi connectivity index (χ0n) is 11.2. The second kappa shape index (κ2) is 5.71. The fourth-order valence-electron chi connectivity index (χ4n) is 2.25. The van der Waals surface area contributed by atoms with Crippen molar-refractivity contribution in [2.24, 2.45) is 0 Å². The number of nitrogens with two attached hydrogens (primary N) is 1. The SMILES string of the molecule is CCCc1nc(Cc2ccccc2)c(N)n1CC. The fraction of sp³-hybridized carbons (Fsp3) is 0.400. The van der Waals surface area contributed by atoms with Gasteiger partial charge in [0.05, 0.1) is 5.69 Å². The summed E-state index contributed by atoms with van der Waals surface area (Å²) in [6.07, 6.45) is 2.91. The molecule has 0 saturated carbocycles. The number of rotatable bonds is 5. The fourth-order valence-corrected chi connectivity index (χ4v) is 2.25. The van der Waals surface area contributed by atoms with E-state index >= 15 is 0 Å². The lowest BCUT2D eigenvalue weighted by Crippen LogP contribution is -2.05. The van der Waals surface area contributed by atoms with Gasteiger partial charge in [-0.3, -0.25) is 0 Å². The van der Waals surface area contributed by atoms with Crippen LogP contribution in [-0.4, -0.2) is 9.55 Å². The molecule has 2 rings (SSSR count). The molecular weight excluding hydrogens is 222 g/mol. The van der Waals surface area contributed by atoms with Gasteiger partial charge in [-0.15, -0.1) is 0 Å². The predicted octanol–water partition coefficient (Wildman–Crippen LogP) is 3.03. The highest BCUT2D eigenvalue weighted by Gasteiger charge is 2.13. The Labute approximate surface area is 109 Å². The summed E-state index contributed by atoms with van der Waals surface area (Å²) in [6, 6.07) is 10.4. The molecule has 0 amide bonds. The number of nitrogen functional groups attached to an aromatic ring is 1. The van der Waals surface area contributed by atoms with Gasteiger partial charge in [0.2, 0.25) is 0 Å². The molecule has 0 fully saturated rings. The Bertz CT molecular complexity index is 500. The average Bonchev–Trinajstić information content (AvgIpc) is 2.67. The number of benzene rings is 1. The second-order valence-corrected chi connectivity index (χ2v) is 4.52. The van der Waals surface area contributed by atoms with Crippen LogP contribution in [0.5, 0.6) is 0 Å². The normalized spacial score (nSPS) is 10.8. The van der Waals surface area contributed by atoms with Crippen molar-refractivity contribution in [1.82, 2.24) is 9.55 Å². The maximum Gasteiger partial charge on any atom is 0.127 e. The highest BCUT2D eigenvalue weighted by Crippen LogP contribution is 2.19. The molecule has 0 atom stereocenters. The van der Waals surface area contributed by atoms with Gasteiger partial charge in [-0.1, -0.05) is 37.3 Å². The number of hydrogen-bond donors (Lipinski definition) is 1. The summed E-state index contributed by atoms with van der Waals surface area (Å²) < 4.78 is 2.13. The van der Waals surface area contributed by atoms with Gasteiger partial charge in [0.15, 0.2) is 0 Å². The van der Waals surface area contributed by atoms with Crippen molar-refractivity contribution >= 4 is 5.82 Å². The monoisotopic (exact) mass is 243 g/mol. The number of anilines is 1. The van der Waals surface area contributed by atoms with Crippen molar-refractivity contribution in [1.29, 1.82) is 0 Å². The number of nitrogens with zero attached hydrogens (tertiary/aromatic N) is 2. The Balaban J connectivity index is 2.28. The van der Waals surface area contributed by atoms with Crippen LogP contribution in [0.25, 0.3) is 0 Å². The number of imidazole rings is 1. The van der Waals surface area contributed by atoms with Crippen LogP contribution in [0.15, 0.2) is 30.3 Å². The zero-order chi connectivity index (χ0) is 13.0. The molecule has 1 aromatic heterocycles. The summed E-state index contributed by atoms with van der Waals surface area (Å²) in [5, 5.41) is 0. The first-order valence-corrected chi connectivity index (χ1v) is 6.63. The minimum atomic E-state index is 0.816. The topological polar surface area (TPSA) is 43.8 Å². The molecule has 0 bridgehead atoms. The van der Waals surface area contributed by atoms with Crippen molar-refractivity contribution in [3.63, 3.8) is 0 Å². The molecule has 0 saturated heterocycles. The maximum atomic E-state index is 6.19. The van der Waals surface area contributed by atoms with Crippen LogP contribution < -0.4 is 5.73 Å². The quantitative estimate of drug-likeness (QED) is 0.877. The first kappa shape index (κ1) is 12.7.